The van der Waals surface area contributed by atoms with Gasteiger partial charge in [-0.1, -0.05) is 164 Å². The number of aromatic nitrogens is 4. The normalized spacial score (nSPS) is 11.4. The average molecular weight is 679 g/mol. The Balaban J connectivity index is 1.000. The molecular formula is C48H30N4O. The first-order valence-electron chi connectivity index (χ1n) is 17.6. The van der Waals surface area contributed by atoms with Crippen LogP contribution in [0.15, 0.2) is 186 Å². The summed E-state index contributed by atoms with van der Waals surface area (Å²) in [7, 11) is 0. The fourth-order valence-electron chi connectivity index (χ4n) is 7.12. The van der Waals surface area contributed by atoms with E-state index in [2.05, 4.69) is 115 Å². The fraction of sp³-hybridized carbons (Fsp3) is 0. The number of hydrogen-bond donors (Lipinski definition) is 0. The molecule has 2 heterocycles. The molecule has 0 fully saturated rings. The molecule has 0 saturated carbocycles. The van der Waals surface area contributed by atoms with Gasteiger partial charge in [0.2, 0.25) is 5.89 Å². The quantitative estimate of drug-likeness (QED) is 0.175. The van der Waals surface area contributed by atoms with Crippen molar-refractivity contribution in [1.29, 1.82) is 0 Å². The predicted molar refractivity (Wildman–Crippen MR) is 215 cm³/mol. The Bertz CT molecular complexity index is 2910. The number of fused-ring (bicyclic) bond motifs is 4. The van der Waals surface area contributed by atoms with Gasteiger partial charge in [0.25, 0.3) is 0 Å². The van der Waals surface area contributed by atoms with Gasteiger partial charge in [-0.15, -0.1) is 0 Å². The summed E-state index contributed by atoms with van der Waals surface area (Å²) in [4.78, 5) is 19.8. The summed E-state index contributed by atoms with van der Waals surface area (Å²) in [5, 5.41) is 4.43. The molecule has 0 radical (unpaired) electrons. The van der Waals surface area contributed by atoms with Gasteiger partial charge >= 0.3 is 0 Å². The molecule has 0 aliphatic carbocycles. The van der Waals surface area contributed by atoms with Crippen molar-refractivity contribution >= 4 is 32.6 Å². The predicted octanol–water partition coefficient (Wildman–Crippen LogP) is 12.3. The summed E-state index contributed by atoms with van der Waals surface area (Å²) < 4.78 is 6.43. The maximum absolute atomic E-state index is 6.43. The number of nitrogens with zero attached hydrogens (tertiary/aromatic N) is 4. The minimum atomic E-state index is 0.625. The van der Waals surface area contributed by atoms with Crippen molar-refractivity contribution in [2.45, 2.75) is 0 Å². The lowest BCUT2D eigenvalue weighted by Crippen LogP contribution is -2.00. The van der Waals surface area contributed by atoms with Crippen LogP contribution in [0.5, 0.6) is 0 Å². The summed E-state index contributed by atoms with van der Waals surface area (Å²) in [6.07, 6.45) is 0. The first-order chi connectivity index (χ1) is 26.2. The van der Waals surface area contributed by atoms with E-state index in [9.17, 15) is 0 Å². The maximum atomic E-state index is 6.43. The van der Waals surface area contributed by atoms with Crippen molar-refractivity contribution in [3.8, 4) is 67.9 Å². The van der Waals surface area contributed by atoms with E-state index in [-0.39, 0.29) is 0 Å². The second-order valence-electron chi connectivity index (χ2n) is 13.1. The van der Waals surface area contributed by atoms with Gasteiger partial charge in [-0.3, -0.25) is 0 Å². The van der Waals surface area contributed by atoms with Crippen molar-refractivity contribution in [1.82, 2.24) is 19.9 Å². The molecule has 0 unspecified atom stereocenters. The summed E-state index contributed by atoms with van der Waals surface area (Å²) in [6, 6.07) is 62.4. The third-order valence-electron chi connectivity index (χ3n) is 9.79. The van der Waals surface area contributed by atoms with Crippen molar-refractivity contribution in [3.63, 3.8) is 0 Å². The van der Waals surface area contributed by atoms with Gasteiger partial charge in [0.05, 0.1) is 0 Å². The van der Waals surface area contributed by atoms with Crippen LogP contribution in [-0.4, -0.2) is 19.9 Å². The zero-order valence-electron chi connectivity index (χ0n) is 28.5. The molecule has 0 bridgehead atoms. The zero-order chi connectivity index (χ0) is 35.1. The molecule has 0 saturated heterocycles. The third kappa shape index (κ3) is 5.61. The van der Waals surface area contributed by atoms with Gasteiger partial charge in [0.15, 0.2) is 23.1 Å². The van der Waals surface area contributed by atoms with Crippen LogP contribution < -0.4 is 0 Å². The summed E-state index contributed by atoms with van der Waals surface area (Å²) >= 11 is 0. The minimum absolute atomic E-state index is 0.625. The van der Waals surface area contributed by atoms with Crippen LogP contribution in [0, 0.1) is 0 Å². The first-order valence-corrected chi connectivity index (χ1v) is 17.6. The fourth-order valence-corrected chi connectivity index (χ4v) is 7.12. The Morgan fingerprint density at radius 3 is 1.57 bits per heavy atom. The van der Waals surface area contributed by atoms with Gasteiger partial charge in [0, 0.05) is 27.6 Å². The van der Waals surface area contributed by atoms with Gasteiger partial charge < -0.3 is 4.42 Å². The molecule has 0 amide bonds. The van der Waals surface area contributed by atoms with E-state index in [0.717, 1.165) is 77.2 Å². The standard InChI is InChI=1S/C48H30N4O/c1-3-12-36(13-4-1)45-50-46(52-47(51-45)41-20-9-16-33-11-7-8-18-39(33)41)37-27-23-32(24-28-37)31-21-25-34(26-22-31)40-19-10-17-35-29-30-42-44(43(35)40)53-48(49-42)38-14-5-2-6-15-38/h1-30H. The van der Waals surface area contributed by atoms with E-state index in [1.54, 1.807) is 0 Å². The van der Waals surface area contributed by atoms with Crippen molar-refractivity contribution in [2.75, 3.05) is 0 Å². The number of benzene rings is 8. The average Bonchev–Trinajstić information content (AvgIpc) is 3.69. The van der Waals surface area contributed by atoms with E-state index in [1.807, 2.05) is 66.7 Å². The maximum Gasteiger partial charge on any atom is 0.227 e. The van der Waals surface area contributed by atoms with Crippen LogP contribution >= 0.6 is 0 Å². The molecular weight excluding hydrogens is 649 g/mol. The topological polar surface area (TPSA) is 64.7 Å². The highest BCUT2D eigenvalue weighted by atomic mass is 16.3. The largest absolute Gasteiger partial charge is 0.435 e. The van der Waals surface area contributed by atoms with E-state index in [4.69, 9.17) is 24.4 Å². The minimum Gasteiger partial charge on any atom is -0.435 e. The van der Waals surface area contributed by atoms with Crippen LogP contribution in [-0.2, 0) is 0 Å². The number of hydrogen-bond acceptors (Lipinski definition) is 5. The molecule has 248 valence electrons. The molecule has 0 atom stereocenters. The van der Waals surface area contributed by atoms with E-state index < -0.39 is 0 Å². The van der Waals surface area contributed by atoms with E-state index >= 15 is 0 Å². The second-order valence-corrected chi connectivity index (χ2v) is 13.1. The lowest BCUT2D eigenvalue weighted by molar-refractivity contribution is 0.623. The Morgan fingerprint density at radius 2 is 0.849 bits per heavy atom. The second kappa shape index (κ2) is 12.8. The summed E-state index contributed by atoms with van der Waals surface area (Å²) in [5.41, 5.74) is 9.90. The highest BCUT2D eigenvalue weighted by Crippen LogP contribution is 2.37. The van der Waals surface area contributed by atoms with Crippen LogP contribution in [0.1, 0.15) is 0 Å². The van der Waals surface area contributed by atoms with Crippen molar-refractivity contribution in [3.05, 3.63) is 182 Å². The highest BCUT2D eigenvalue weighted by Gasteiger charge is 2.16. The monoisotopic (exact) mass is 678 g/mol. The molecule has 10 rings (SSSR count). The zero-order valence-corrected chi connectivity index (χ0v) is 28.5. The molecule has 0 aliphatic rings. The van der Waals surface area contributed by atoms with Crippen LogP contribution in [0.4, 0.5) is 0 Å². The van der Waals surface area contributed by atoms with Crippen molar-refractivity contribution in [2.24, 2.45) is 0 Å². The molecule has 2 aromatic heterocycles. The Kier molecular flexibility index (Phi) is 7.40. The SMILES string of the molecule is c1ccc(-c2nc(-c3ccc(-c4ccc(-c5cccc6ccc7nc(-c8ccccc8)oc7c56)cc4)cc3)nc(-c3cccc4ccccc34)n2)cc1. The van der Waals surface area contributed by atoms with Gasteiger partial charge in [0.1, 0.15) is 5.52 Å². The summed E-state index contributed by atoms with van der Waals surface area (Å²) in [6.45, 7) is 0. The van der Waals surface area contributed by atoms with Crippen LogP contribution in [0.25, 0.3) is 101 Å². The van der Waals surface area contributed by atoms with Crippen LogP contribution in [0.3, 0.4) is 0 Å². The molecule has 0 aliphatic heterocycles. The van der Waals surface area contributed by atoms with Gasteiger partial charge in [-0.05, 0) is 56.6 Å². The van der Waals surface area contributed by atoms with Crippen molar-refractivity contribution < 1.29 is 4.42 Å². The lowest BCUT2D eigenvalue weighted by Gasteiger charge is -2.11. The van der Waals surface area contributed by atoms with Crippen LogP contribution in [0.2, 0.25) is 0 Å². The molecule has 5 nitrogen and oxygen atoms in total. The molecule has 10 aromatic rings. The number of rotatable bonds is 6. The molecule has 0 N–H and O–H groups in total. The molecule has 8 aromatic carbocycles. The Hall–Kier alpha value is -7.24. The van der Waals surface area contributed by atoms with E-state index in [0.29, 0.717) is 23.4 Å². The third-order valence-corrected chi connectivity index (χ3v) is 9.79. The summed E-state index contributed by atoms with van der Waals surface area (Å²) in [5.74, 6) is 2.55. The number of oxazole rings is 1. The van der Waals surface area contributed by atoms with E-state index in [1.165, 1.54) is 0 Å². The molecule has 5 heteroatoms. The van der Waals surface area contributed by atoms with Gasteiger partial charge in [-0.25, -0.2) is 19.9 Å². The smallest absolute Gasteiger partial charge is 0.227 e. The first kappa shape index (κ1) is 30.6. The Labute approximate surface area is 305 Å². The lowest BCUT2D eigenvalue weighted by atomic mass is 9.95. The molecule has 53 heavy (non-hydrogen) atoms. The Morgan fingerprint density at radius 1 is 0.321 bits per heavy atom. The molecule has 0 spiro atoms. The van der Waals surface area contributed by atoms with Gasteiger partial charge in [-0.2, -0.15) is 0 Å². The highest BCUT2D eigenvalue weighted by molar-refractivity contribution is 6.11.